The van der Waals surface area contributed by atoms with Crippen LogP contribution in [-0.4, -0.2) is 16.7 Å². The number of amides is 1. The van der Waals surface area contributed by atoms with Crippen LogP contribution >= 0.6 is 0 Å². The number of rotatable bonds is 4. The lowest BCUT2D eigenvalue weighted by atomic mass is 10.1. The number of carbonyl (C=O) groups is 1. The average molecular weight is 318 g/mol. The molecule has 120 valence electrons. The highest BCUT2D eigenvalue weighted by atomic mass is 16.3. The van der Waals surface area contributed by atoms with Crippen molar-refractivity contribution in [1.82, 2.24) is 5.43 Å². The Labute approximate surface area is 140 Å². The number of phenols is 1. The average Bonchev–Trinajstić information content (AvgIpc) is 2.60. The summed E-state index contributed by atoms with van der Waals surface area (Å²) in [5, 5.41) is 16.0. The molecular weight excluding hydrogens is 300 g/mol. The van der Waals surface area contributed by atoms with Crippen molar-refractivity contribution in [3.8, 4) is 5.75 Å². The number of benzene rings is 3. The van der Waals surface area contributed by atoms with Crippen LogP contribution in [0.3, 0.4) is 0 Å². The molecule has 0 unspecified atom stereocenters. The van der Waals surface area contributed by atoms with E-state index >= 15 is 0 Å². The summed E-state index contributed by atoms with van der Waals surface area (Å²) >= 11 is 0. The van der Waals surface area contributed by atoms with Crippen LogP contribution in [0.5, 0.6) is 5.75 Å². The second-order valence-corrected chi connectivity index (χ2v) is 5.67. The molecule has 24 heavy (non-hydrogen) atoms. The predicted molar refractivity (Wildman–Crippen MR) is 96.3 cm³/mol. The fourth-order valence-corrected chi connectivity index (χ4v) is 2.55. The zero-order valence-electron chi connectivity index (χ0n) is 13.4. The van der Waals surface area contributed by atoms with Gasteiger partial charge < -0.3 is 5.11 Å². The van der Waals surface area contributed by atoms with Crippen molar-refractivity contribution >= 4 is 22.4 Å². The van der Waals surface area contributed by atoms with Gasteiger partial charge in [-0.3, -0.25) is 4.79 Å². The lowest BCUT2D eigenvalue weighted by Crippen LogP contribution is -2.19. The van der Waals surface area contributed by atoms with Crippen molar-refractivity contribution in [2.24, 2.45) is 5.10 Å². The standard InChI is InChI=1S/C20H18N2O2/c1-14(11-15-7-3-2-4-8-15)21-22-20(24)18-12-16-9-5-6-10-17(16)13-19(18)23/h2-10,12-13,23H,11H2,1H3,(H,22,24). The first-order valence-corrected chi connectivity index (χ1v) is 7.72. The van der Waals surface area contributed by atoms with Gasteiger partial charge in [0.25, 0.3) is 5.91 Å². The first-order valence-electron chi connectivity index (χ1n) is 7.72. The van der Waals surface area contributed by atoms with Gasteiger partial charge in [0.05, 0.1) is 5.56 Å². The second-order valence-electron chi connectivity index (χ2n) is 5.67. The molecule has 3 aromatic carbocycles. The van der Waals surface area contributed by atoms with E-state index in [-0.39, 0.29) is 11.3 Å². The lowest BCUT2D eigenvalue weighted by Gasteiger charge is -2.07. The number of hydrogen-bond donors (Lipinski definition) is 2. The van der Waals surface area contributed by atoms with E-state index in [9.17, 15) is 9.90 Å². The quantitative estimate of drug-likeness (QED) is 0.566. The Morgan fingerprint density at radius 1 is 1.00 bits per heavy atom. The summed E-state index contributed by atoms with van der Waals surface area (Å²) < 4.78 is 0. The molecule has 0 saturated heterocycles. The molecule has 0 fully saturated rings. The van der Waals surface area contributed by atoms with Gasteiger partial charge in [-0.2, -0.15) is 5.10 Å². The molecular formula is C20H18N2O2. The fourth-order valence-electron chi connectivity index (χ4n) is 2.55. The van der Waals surface area contributed by atoms with E-state index in [2.05, 4.69) is 10.5 Å². The topological polar surface area (TPSA) is 61.7 Å². The minimum absolute atomic E-state index is 0.0536. The van der Waals surface area contributed by atoms with Gasteiger partial charge in [0, 0.05) is 12.1 Å². The van der Waals surface area contributed by atoms with Crippen LogP contribution in [-0.2, 0) is 6.42 Å². The van der Waals surface area contributed by atoms with E-state index in [0.717, 1.165) is 22.0 Å². The molecule has 4 nitrogen and oxygen atoms in total. The third-order valence-electron chi connectivity index (χ3n) is 3.76. The van der Waals surface area contributed by atoms with Crippen LogP contribution in [0.2, 0.25) is 0 Å². The van der Waals surface area contributed by atoms with E-state index in [1.165, 1.54) is 0 Å². The molecule has 3 aromatic rings. The van der Waals surface area contributed by atoms with Crippen LogP contribution in [0.4, 0.5) is 0 Å². The molecule has 0 aliphatic carbocycles. The van der Waals surface area contributed by atoms with E-state index < -0.39 is 5.91 Å². The van der Waals surface area contributed by atoms with Gasteiger partial charge in [-0.05, 0) is 35.4 Å². The fraction of sp³-hybridized carbons (Fsp3) is 0.100. The Kier molecular flexibility index (Phi) is 4.57. The number of hydrogen-bond acceptors (Lipinski definition) is 3. The lowest BCUT2D eigenvalue weighted by molar-refractivity contribution is 0.0952. The van der Waals surface area contributed by atoms with Crippen molar-refractivity contribution < 1.29 is 9.90 Å². The number of nitrogens with one attached hydrogen (secondary N) is 1. The van der Waals surface area contributed by atoms with E-state index in [1.807, 2.05) is 61.5 Å². The number of hydrazone groups is 1. The Morgan fingerprint density at radius 2 is 1.62 bits per heavy atom. The Balaban J connectivity index is 1.75. The van der Waals surface area contributed by atoms with Crippen LogP contribution < -0.4 is 5.43 Å². The molecule has 0 heterocycles. The first kappa shape index (κ1) is 15.7. The minimum Gasteiger partial charge on any atom is -0.507 e. The van der Waals surface area contributed by atoms with Gasteiger partial charge in [-0.1, -0.05) is 54.6 Å². The van der Waals surface area contributed by atoms with Crippen LogP contribution in [0.15, 0.2) is 71.8 Å². The minimum atomic E-state index is -0.425. The van der Waals surface area contributed by atoms with E-state index in [4.69, 9.17) is 0 Å². The van der Waals surface area contributed by atoms with E-state index in [0.29, 0.717) is 6.42 Å². The molecule has 4 heteroatoms. The summed E-state index contributed by atoms with van der Waals surface area (Å²) in [6.45, 7) is 1.85. The normalized spacial score (nSPS) is 11.5. The summed E-state index contributed by atoms with van der Waals surface area (Å²) in [5.74, 6) is -0.479. The van der Waals surface area contributed by atoms with Gasteiger partial charge in [-0.15, -0.1) is 0 Å². The van der Waals surface area contributed by atoms with Gasteiger partial charge in [0.2, 0.25) is 0 Å². The highest BCUT2D eigenvalue weighted by Crippen LogP contribution is 2.24. The molecule has 0 bridgehead atoms. The number of aromatic hydroxyl groups is 1. The summed E-state index contributed by atoms with van der Waals surface area (Å²) in [6.07, 6.45) is 0.658. The maximum Gasteiger partial charge on any atom is 0.275 e. The van der Waals surface area contributed by atoms with Crippen molar-refractivity contribution in [2.75, 3.05) is 0 Å². The van der Waals surface area contributed by atoms with Crippen LogP contribution in [0.1, 0.15) is 22.8 Å². The molecule has 0 spiro atoms. The Bertz CT molecular complexity index is 902. The van der Waals surface area contributed by atoms with Gasteiger partial charge >= 0.3 is 0 Å². The maximum atomic E-state index is 12.3. The van der Waals surface area contributed by atoms with Crippen molar-refractivity contribution in [3.63, 3.8) is 0 Å². The molecule has 0 saturated carbocycles. The largest absolute Gasteiger partial charge is 0.507 e. The molecule has 0 aliphatic rings. The van der Waals surface area contributed by atoms with Crippen LogP contribution in [0, 0.1) is 0 Å². The number of fused-ring (bicyclic) bond motifs is 1. The number of nitrogens with zero attached hydrogens (tertiary/aromatic N) is 1. The highest BCUT2D eigenvalue weighted by Gasteiger charge is 2.12. The molecule has 2 N–H and O–H groups in total. The predicted octanol–water partition coefficient (Wildman–Crippen LogP) is 3.89. The third-order valence-corrected chi connectivity index (χ3v) is 3.76. The summed E-state index contributed by atoms with van der Waals surface area (Å²) in [4.78, 5) is 12.3. The van der Waals surface area contributed by atoms with Gasteiger partial charge in [-0.25, -0.2) is 5.43 Å². The Hall–Kier alpha value is -3.14. The monoisotopic (exact) mass is 318 g/mol. The first-order chi connectivity index (χ1) is 11.6. The molecule has 0 radical (unpaired) electrons. The zero-order valence-corrected chi connectivity index (χ0v) is 13.4. The molecule has 0 atom stereocenters. The molecule has 0 aromatic heterocycles. The molecule has 3 rings (SSSR count). The summed E-state index contributed by atoms with van der Waals surface area (Å²) in [5.41, 5.74) is 4.64. The van der Waals surface area contributed by atoms with Crippen molar-refractivity contribution in [2.45, 2.75) is 13.3 Å². The van der Waals surface area contributed by atoms with Crippen LogP contribution in [0.25, 0.3) is 10.8 Å². The maximum absolute atomic E-state index is 12.3. The third kappa shape index (κ3) is 3.60. The SMILES string of the molecule is CC(Cc1ccccc1)=NNC(=O)c1cc2ccccc2cc1O. The molecule has 0 aliphatic heterocycles. The van der Waals surface area contributed by atoms with Crippen molar-refractivity contribution in [1.29, 1.82) is 0 Å². The highest BCUT2D eigenvalue weighted by molar-refractivity contribution is 6.02. The smallest absolute Gasteiger partial charge is 0.275 e. The second kappa shape index (κ2) is 6.96. The molecule has 1 amide bonds. The number of phenolic OH excluding ortho intramolecular Hbond substituents is 1. The van der Waals surface area contributed by atoms with E-state index in [1.54, 1.807) is 12.1 Å². The van der Waals surface area contributed by atoms with Gasteiger partial charge in [0.15, 0.2) is 0 Å². The summed E-state index contributed by atoms with van der Waals surface area (Å²) in [7, 11) is 0. The van der Waals surface area contributed by atoms with Gasteiger partial charge in [0.1, 0.15) is 5.75 Å². The number of carbonyl (C=O) groups excluding carboxylic acids is 1. The Morgan fingerprint density at radius 3 is 2.33 bits per heavy atom. The zero-order chi connectivity index (χ0) is 16.9. The summed E-state index contributed by atoms with van der Waals surface area (Å²) in [6, 6.07) is 20.7. The van der Waals surface area contributed by atoms with Crippen molar-refractivity contribution in [3.05, 3.63) is 77.9 Å².